The average molecular weight is 356 g/mol. The highest BCUT2D eigenvalue weighted by molar-refractivity contribution is 5.99. The zero-order valence-electron chi connectivity index (χ0n) is 15.1. The summed E-state index contributed by atoms with van der Waals surface area (Å²) in [5, 5.41) is 6.18. The van der Waals surface area contributed by atoms with Crippen LogP contribution in [0.1, 0.15) is 37.4 Å². The minimum atomic E-state index is -0.0253. The van der Waals surface area contributed by atoms with E-state index in [1.807, 2.05) is 48.5 Å². The molecule has 3 aromatic carbocycles. The fourth-order valence-corrected chi connectivity index (χ4v) is 3.33. The third-order valence-corrected chi connectivity index (χ3v) is 4.93. The van der Waals surface area contributed by atoms with E-state index in [9.17, 15) is 9.59 Å². The Kier molecular flexibility index (Phi) is 4.47. The zero-order valence-corrected chi connectivity index (χ0v) is 15.1. The van der Waals surface area contributed by atoms with Gasteiger partial charge in [0.2, 0.25) is 0 Å². The normalized spacial score (nSPS) is 12.4. The molecule has 0 fully saturated rings. The van der Waals surface area contributed by atoms with Crippen LogP contribution < -0.4 is 10.6 Å². The number of amides is 1. The summed E-state index contributed by atoms with van der Waals surface area (Å²) < 4.78 is 0. The molecule has 1 heterocycles. The van der Waals surface area contributed by atoms with Gasteiger partial charge in [-0.1, -0.05) is 35.9 Å². The number of anilines is 1. The summed E-state index contributed by atoms with van der Waals surface area (Å²) in [6.45, 7) is 3.19. The lowest BCUT2D eigenvalue weighted by atomic mass is 9.97. The molecule has 0 saturated carbocycles. The molecule has 0 spiro atoms. The molecule has 2 N–H and O–H groups in total. The minimum absolute atomic E-state index is 0.0253. The topological polar surface area (TPSA) is 58.2 Å². The highest BCUT2D eigenvalue weighted by Gasteiger charge is 2.18. The maximum Gasteiger partial charge on any atom is 0.251 e. The Morgan fingerprint density at radius 1 is 1.00 bits per heavy atom. The first-order valence-electron chi connectivity index (χ1n) is 8.94. The highest BCUT2D eigenvalue weighted by Crippen LogP contribution is 2.27. The van der Waals surface area contributed by atoms with Gasteiger partial charge >= 0.3 is 0 Å². The molecule has 0 aromatic heterocycles. The summed E-state index contributed by atoms with van der Waals surface area (Å²) in [5.41, 5.74) is 7.56. The lowest BCUT2D eigenvalue weighted by Gasteiger charge is -2.11. The monoisotopic (exact) mass is 356 g/mol. The van der Waals surface area contributed by atoms with Crippen molar-refractivity contribution in [3.05, 3.63) is 88.5 Å². The number of carbonyl (C=O) groups is 2. The first-order chi connectivity index (χ1) is 13.1. The van der Waals surface area contributed by atoms with Crippen molar-refractivity contribution in [1.82, 2.24) is 5.32 Å². The summed E-state index contributed by atoms with van der Waals surface area (Å²) in [7, 11) is 0. The Morgan fingerprint density at radius 3 is 2.52 bits per heavy atom. The zero-order chi connectivity index (χ0) is 18.8. The lowest BCUT2D eigenvalue weighted by Crippen LogP contribution is -2.12. The number of aryl methyl sites for hydroxylation is 1. The number of nitrogens with one attached hydrogen (secondary N) is 2. The maximum absolute atomic E-state index is 11.7. The van der Waals surface area contributed by atoms with E-state index in [2.05, 4.69) is 29.7 Å². The number of carbonyl (C=O) groups excluding carboxylic acids is 2. The molecule has 1 aliphatic rings. The molecule has 0 aliphatic carbocycles. The molecule has 0 unspecified atom stereocenters. The Morgan fingerprint density at radius 2 is 1.74 bits per heavy atom. The van der Waals surface area contributed by atoms with Crippen LogP contribution in [0.15, 0.2) is 60.7 Å². The van der Waals surface area contributed by atoms with Crippen LogP contribution in [0.25, 0.3) is 11.1 Å². The van der Waals surface area contributed by atoms with Gasteiger partial charge in [-0.3, -0.25) is 9.59 Å². The molecule has 4 rings (SSSR count). The number of rotatable bonds is 5. The summed E-state index contributed by atoms with van der Waals surface area (Å²) in [6.07, 6.45) is 0.897. The maximum atomic E-state index is 11.7. The van der Waals surface area contributed by atoms with Gasteiger partial charge in [0.1, 0.15) is 6.29 Å². The van der Waals surface area contributed by atoms with Crippen LogP contribution in [0.2, 0.25) is 0 Å². The van der Waals surface area contributed by atoms with Gasteiger partial charge in [-0.15, -0.1) is 0 Å². The van der Waals surface area contributed by atoms with Crippen molar-refractivity contribution < 1.29 is 9.59 Å². The van der Waals surface area contributed by atoms with E-state index in [1.165, 1.54) is 5.56 Å². The van der Waals surface area contributed by atoms with Crippen LogP contribution in [-0.4, -0.2) is 12.2 Å². The third kappa shape index (κ3) is 3.47. The SMILES string of the molecule is Cc1ccc(NCc2ccc(-c3ccc4c(c3)CNC4=O)cc2C=O)cc1. The molecule has 1 amide bonds. The van der Waals surface area contributed by atoms with Crippen LogP contribution in [0.4, 0.5) is 5.69 Å². The van der Waals surface area contributed by atoms with Gasteiger partial charge in [-0.2, -0.15) is 0 Å². The van der Waals surface area contributed by atoms with E-state index in [4.69, 9.17) is 0 Å². The fourth-order valence-electron chi connectivity index (χ4n) is 3.33. The molecule has 0 atom stereocenters. The number of hydrogen-bond donors (Lipinski definition) is 2. The molecule has 27 heavy (non-hydrogen) atoms. The molecule has 4 heteroatoms. The Balaban J connectivity index is 1.57. The standard InChI is InChI=1S/C23H20N2O2/c1-15-2-7-21(8-3-15)24-12-18-5-4-16(11-20(18)14-26)17-6-9-22-19(10-17)13-25-23(22)27/h2-11,14,24H,12-13H2,1H3,(H,25,27). The number of aldehydes is 1. The first kappa shape index (κ1) is 17.0. The summed E-state index contributed by atoms with van der Waals surface area (Å²) in [4.78, 5) is 23.3. The second kappa shape index (κ2) is 7.08. The molecule has 4 nitrogen and oxygen atoms in total. The van der Waals surface area contributed by atoms with Gasteiger partial charge in [-0.05, 0) is 59.5 Å². The molecule has 1 aliphatic heterocycles. The Hall–Kier alpha value is -3.40. The highest BCUT2D eigenvalue weighted by atomic mass is 16.1. The predicted octanol–water partition coefficient (Wildman–Crippen LogP) is 4.33. The van der Waals surface area contributed by atoms with Gasteiger partial charge in [0.15, 0.2) is 0 Å². The van der Waals surface area contributed by atoms with Crippen molar-refractivity contribution in [2.45, 2.75) is 20.0 Å². The largest absolute Gasteiger partial charge is 0.381 e. The van der Waals surface area contributed by atoms with Gasteiger partial charge in [0.05, 0.1) is 0 Å². The van der Waals surface area contributed by atoms with Crippen molar-refractivity contribution >= 4 is 17.9 Å². The number of hydrogen-bond acceptors (Lipinski definition) is 3. The van der Waals surface area contributed by atoms with E-state index < -0.39 is 0 Å². The molecule has 134 valence electrons. The number of benzene rings is 3. The molecule has 0 radical (unpaired) electrons. The van der Waals surface area contributed by atoms with Crippen molar-refractivity contribution in [2.24, 2.45) is 0 Å². The van der Waals surface area contributed by atoms with Crippen molar-refractivity contribution in [3.8, 4) is 11.1 Å². The Labute approximate surface area is 158 Å². The number of fused-ring (bicyclic) bond motifs is 1. The van der Waals surface area contributed by atoms with Gasteiger partial charge in [0.25, 0.3) is 5.91 Å². The summed E-state index contributed by atoms with van der Waals surface area (Å²) in [6, 6.07) is 19.9. The average Bonchev–Trinajstić information content (AvgIpc) is 3.07. The second-order valence-corrected chi connectivity index (χ2v) is 6.81. The van der Waals surface area contributed by atoms with Gasteiger partial charge in [0, 0.05) is 29.9 Å². The lowest BCUT2D eigenvalue weighted by molar-refractivity contribution is 0.0965. The fraction of sp³-hybridized carbons (Fsp3) is 0.130. The molecule has 3 aromatic rings. The minimum Gasteiger partial charge on any atom is -0.381 e. The van der Waals surface area contributed by atoms with Crippen molar-refractivity contribution in [1.29, 1.82) is 0 Å². The Bertz CT molecular complexity index is 1020. The van der Waals surface area contributed by atoms with E-state index in [0.29, 0.717) is 18.7 Å². The third-order valence-electron chi connectivity index (χ3n) is 4.93. The second-order valence-electron chi connectivity index (χ2n) is 6.81. The molecule has 0 saturated heterocycles. The molecular weight excluding hydrogens is 336 g/mol. The van der Waals surface area contributed by atoms with Crippen LogP contribution >= 0.6 is 0 Å². The van der Waals surface area contributed by atoms with E-state index in [0.717, 1.165) is 39.8 Å². The van der Waals surface area contributed by atoms with Gasteiger partial charge in [-0.25, -0.2) is 0 Å². The van der Waals surface area contributed by atoms with Gasteiger partial charge < -0.3 is 10.6 Å². The van der Waals surface area contributed by atoms with E-state index >= 15 is 0 Å². The van der Waals surface area contributed by atoms with Crippen LogP contribution in [0.3, 0.4) is 0 Å². The van der Waals surface area contributed by atoms with Crippen LogP contribution in [-0.2, 0) is 13.1 Å². The van der Waals surface area contributed by atoms with Crippen LogP contribution in [0, 0.1) is 6.92 Å². The summed E-state index contributed by atoms with van der Waals surface area (Å²) >= 11 is 0. The van der Waals surface area contributed by atoms with Crippen molar-refractivity contribution in [3.63, 3.8) is 0 Å². The molecule has 0 bridgehead atoms. The first-order valence-corrected chi connectivity index (χ1v) is 8.94. The predicted molar refractivity (Wildman–Crippen MR) is 107 cm³/mol. The van der Waals surface area contributed by atoms with E-state index in [1.54, 1.807) is 0 Å². The van der Waals surface area contributed by atoms with E-state index in [-0.39, 0.29) is 5.91 Å². The quantitative estimate of drug-likeness (QED) is 0.669. The van der Waals surface area contributed by atoms with Crippen LogP contribution in [0.5, 0.6) is 0 Å². The summed E-state index contributed by atoms with van der Waals surface area (Å²) in [5.74, 6) is -0.0253. The smallest absolute Gasteiger partial charge is 0.251 e. The molecular formula is C23H20N2O2. The van der Waals surface area contributed by atoms with Crippen molar-refractivity contribution in [2.75, 3.05) is 5.32 Å².